The zero-order chi connectivity index (χ0) is 23.2. The molecule has 0 saturated heterocycles. The molecule has 0 N–H and O–H groups in total. The third-order valence-corrected chi connectivity index (χ3v) is 4.06. The van der Waals surface area contributed by atoms with E-state index >= 15 is 0 Å². The molecule has 0 amide bonds. The number of carbonyl (C=O) groups excluding carboxylic acids is 4. The van der Waals surface area contributed by atoms with E-state index in [1.54, 1.807) is 0 Å². The van der Waals surface area contributed by atoms with E-state index < -0.39 is 31.9 Å². The molecule has 0 aromatic heterocycles. The second-order valence-corrected chi connectivity index (χ2v) is 7.61. The van der Waals surface area contributed by atoms with Crippen LogP contribution in [0.1, 0.15) is 81.1 Å². The van der Waals surface area contributed by atoms with Crippen LogP contribution in [0, 0.1) is 0 Å². The molecule has 29 heavy (non-hydrogen) atoms. The third-order valence-electron chi connectivity index (χ3n) is 2.29. The Morgan fingerprint density at radius 3 is 1.21 bits per heavy atom. The van der Waals surface area contributed by atoms with E-state index in [0.29, 0.717) is 25.4 Å². The average Bonchev–Trinajstić information content (AvgIpc) is 2.57. The van der Waals surface area contributed by atoms with E-state index in [0.717, 1.165) is 12.8 Å². The van der Waals surface area contributed by atoms with Crippen LogP contribution in [-0.2, 0) is 55.2 Å². The van der Waals surface area contributed by atoms with Crippen molar-refractivity contribution in [2.75, 3.05) is 13.2 Å². The molecular weight excluding hydrogens is 416 g/mol. The van der Waals surface area contributed by atoms with Crippen molar-refractivity contribution < 1.29 is 55.2 Å². The van der Waals surface area contributed by atoms with Gasteiger partial charge >= 0.3 is 78.4 Å². The maximum atomic E-state index is 10.6. The van der Waals surface area contributed by atoms with Gasteiger partial charge in [0.05, 0.1) is 13.2 Å². The van der Waals surface area contributed by atoms with Crippen LogP contribution in [0.2, 0.25) is 0 Å². The first-order valence-corrected chi connectivity index (χ1v) is 11.1. The minimum atomic E-state index is -0.574. The summed E-state index contributed by atoms with van der Waals surface area (Å²) in [7, 11) is 0. The Kier molecular flexibility index (Phi) is 26.1. The minimum absolute atomic E-state index is 0.0972. The molecule has 170 valence electrons. The maximum Gasteiger partial charge on any atom is 0.313 e. The molecular formula is C20H38O8Ti. The number of hydrogen-bond acceptors (Lipinski definition) is 8. The fraction of sp³-hybridized carbons (Fsp3) is 0.800. The van der Waals surface area contributed by atoms with Gasteiger partial charge in [0.2, 0.25) is 0 Å². The van der Waals surface area contributed by atoms with Crippen LogP contribution in [0.25, 0.3) is 0 Å². The molecule has 9 heteroatoms. The predicted molar refractivity (Wildman–Crippen MR) is 106 cm³/mol. The monoisotopic (exact) mass is 454 g/mol. The van der Waals surface area contributed by atoms with Crippen molar-refractivity contribution in [2.45, 2.75) is 93.3 Å². The van der Waals surface area contributed by atoms with E-state index in [9.17, 15) is 19.2 Å². The molecule has 0 unspecified atom stereocenters. The van der Waals surface area contributed by atoms with Crippen molar-refractivity contribution in [1.29, 1.82) is 0 Å². The number of rotatable bonds is 12. The number of ketones is 2. The molecule has 0 aromatic carbocycles. The second kappa shape index (κ2) is 23.2. The first-order valence-electron chi connectivity index (χ1n) is 9.82. The molecule has 0 aliphatic carbocycles. The summed E-state index contributed by atoms with van der Waals surface area (Å²) < 4.78 is 19.8. The summed E-state index contributed by atoms with van der Waals surface area (Å²) in [5.74, 6) is -1.15. The van der Waals surface area contributed by atoms with Gasteiger partial charge in [-0.1, -0.05) is 13.8 Å². The number of ether oxygens (including phenoxy) is 2. The van der Waals surface area contributed by atoms with Crippen molar-refractivity contribution in [3.05, 3.63) is 0 Å². The Hall–Kier alpha value is -1.09. The SMILES string of the molecule is CC(C)[O][Ti][O]C(C)C.CCCOC(=O)CC(C)=O.CCCOC(=O)CC(C)=O. The smallest absolute Gasteiger partial charge is 0.313 e. The Morgan fingerprint density at radius 1 is 0.690 bits per heavy atom. The third kappa shape index (κ3) is 38.2. The normalized spacial score (nSPS) is 9.59. The fourth-order valence-corrected chi connectivity index (χ4v) is 1.85. The summed E-state index contributed by atoms with van der Waals surface area (Å²) in [6, 6.07) is 0. The fourth-order valence-electron chi connectivity index (χ4n) is 1.16. The second-order valence-electron chi connectivity index (χ2n) is 6.62. The van der Waals surface area contributed by atoms with Gasteiger partial charge in [-0.05, 0) is 26.7 Å². The largest absolute Gasteiger partial charge is 0.465 e. The molecule has 0 rings (SSSR count). The molecule has 0 aromatic rings. The van der Waals surface area contributed by atoms with Crippen molar-refractivity contribution >= 4 is 23.5 Å². The van der Waals surface area contributed by atoms with Gasteiger partial charge in [0, 0.05) is 0 Å². The molecule has 0 saturated carbocycles. The van der Waals surface area contributed by atoms with Gasteiger partial charge in [0.15, 0.2) is 0 Å². The van der Waals surface area contributed by atoms with Crippen LogP contribution in [0.15, 0.2) is 0 Å². The van der Waals surface area contributed by atoms with Crippen LogP contribution >= 0.6 is 0 Å². The van der Waals surface area contributed by atoms with Gasteiger partial charge in [-0.15, -0.1) is 0 Å². The predicted octanol–water partition coefficient (Wildman–Crippen LogP) is 3.59. The van der Waals surface area contributed by atoms with Crippen molar-refractivity contribution in [1.82, 2.24) is 0 Å². The Bertz CT molecular complexity index is 410. The van der Waals surface area contributed by atoms with Gasteiger partial charge in [-0.2, -0.15) is 0 Å². The molecule has 0 radical (unpaired) electrons. The van der Waals surface area contributed by atoms with Gasteiger partial charge in [0.25, 0.3) is 0 Å². The first-order chi connectivity index (χ1) is 13.5. The molecule has 8 nitrogen and oxygen atoms in total. The molecule has 0 heterocycles. The molecule has 0 aliphatic rings. The van der Waals surface area contributed by atoms with Crippen molar-refractivity contribution in [3.63, 3.8) is 0 Å². The van der Waals surface area contributed by atoms with Gasteiger partial charge in [-0.3, -0.25) is 19.2 Å². The van der Waals surface area contributed by atoms with Crippen LogP contribution in [-0.4, -0.2) is 48.9 Å². The summed E-state index contributed by atoms with van der Waals surface area (Å²) in [6.45, 7) is 15.4. The van der Waals surface area contributed by atoms with E-state index in [1.807, 2.05) is 41.5 Å². The topological polar surface area (TPSA) is 105 Å². The van der Waals surface area contributed by atoms with Gasteiger partial charge < -0.3 is 9.47 Å². The Labute approximate surface area is 185 Å². The zero-order valence-electron chi connectivity index (χ0n) is 19.2. The summed E-state index contributed by atoms with van der Waals surface area (Å²) in [5, 5.41) is 0. The number of esters is 2. The van der Waals surface area contributed by atoms with Crippen molar-refractivity contribution in [3.8, 4) is 0 Å². The first kappa shape index (κ1) is 32.6. The van der Waals surface area contributed by atoms with Crippen LogP contribution in [0.5, 0.6) is 0 Å². The summed E-state index contributed by atoms with van der Waals surface area (Å²) >= 11 is -0.574. The standard InChI is InChI=1S/2C7H12O3.2C3H7O.Ti/c2*1-3-4-10-7(9)5-6(2)8;2*1-3(2)4;/h2*3-5H2,1-2H3;2*3H,1-2H3;/q;;2*-1;+2. The summed E-state index contributed by atoms with van der Waals surface area (Å²) in [5.41, 5.74) is 0. The Balaban J connectivity index is -0.000000350. The quantitative estimate of drug-likeness (QED) is 0.250. The maximum absolute atomic E-state index is 10.6. The molecule has 0 spiro atoms. The number of Topliss-reactive ketones (excluding diaryl/α,β-unsaturated/α-hetero) is 2. The minimum Gasteiger partial charge on any atom is -0.465 e. The molecule has 0 fully saturated rings. The number of hydrogen-bond donors (Lipinski definition) is 0. The number of carbonyl (C=O) groups is 4. The average molecular weight is 454 g/mol. The van der Waals surface area contributed by atoms with E-state index in [-0.39, 0.29) is 24.4 Å². The molecule has 0 bridgehead atoms. The van der Waals surface area contributed by atoms with Gasteiger partial charge in [-0.25, -0.2) is 0 Å². The molecule has 0 aliphatic heterocycles. The van der Waals surface area contributed by atoms with Crippen LogP contribution in [0.4, 0.5) is 0 Å². The van der Waals surface area contributed by atoms with E-state index in [4.69, 9.17) is 6.64 Å². The summed E-state index contributed by atoms with van der Waals surface area (Å²) in [4.78, 5) is 41.8. The van der Waals surface area contributed by atoms with E-state index in [2.05, 4.69) is 9.47 Å². The van der Waals surface area contributed by atoms with Crippen molar-refractivity contribution in [2.24, 2.45) is 0 Å². The molecule has 0 atom stereocenters. The van der Waals surface area contributed by atoms with E-state index in [1.165, 1.54) is 13.8 Å². The van der Waals surface area contributed by atoms with Crippen LogP contribution < -0.4 is 0 Å². The summed E-state index contributed by atoms with van der Waals surface area (Å²) in [6.07, 6.45) is 2.04. The Morgan fingerprint density at radius 2 is 1.00 bits per heavy atom. The van der Waals surface area contributed by atoms with Crippen LogP contribution in [0.3, 0.4) is 0 Å². The van der Waals surface area contributed by atoms with Gasteiger partial charge in [0.1, 0.15) is 24.4 Å². The zero-order valence-corrected chi connectivity index (χ0v) is 20.7.